The molecule has 8 heteroatoms. The van der Waals surface area contributed by atoms with Gasteiger partial charge < -0.3 is 14.1 Å². The number of Topliss-reactive ketones (excluding diaryl/α,β-unsaturated/α-hetero) is 1. The third kappa shape index (κ3) is 5.60. The van der Waals surface area contributed by atoms with E-state index in [4.69, 9.17) is 9.15 Å². The molecule has 0 unspecified atom stereocenters. The third-order valence-corrected chi connectivity index (χ3v) is 6.13. The van der Waals surface area contributed by atoms with Gasteiger partial charge >= 0.3 is 0 Å². The Kier molecular flexibility index (Phi) is 8.21. The minimum atomic E-state index is -0.801. The topological polar surface area (TPSA) is 59.8 Å². The van der Waals surface area contributed by atoms with Gasteiger partial charge in [0.05, 0.1) is 24.3 Å². The second-order valence-corrected chi connectivity index (χ2v) is 8.16. The number of hydrogen-bond donors (Lipinski definition) is 0. The molecule has 33 heavy (non-hydrogen) atoms. The minimum absolute atomic E-state index is 0. The van der Waals surface area contributed by atoms with E-state index < -0.39 is 11.6 Å². The van der Waals surface area contributed by atoms with Crippen molar-refractivity contribution in [2.75, 3.05) is 26.7 Å². The highest BCUT2D eigenvalue weighted by atomic mass is 35.5. The van der Waals surface area contributed by atoms with Gasteiger partial charge in [0.15, 0.2) is 11.2 Å². The molecule has 4 rings (SSSR count). The first kappa shape index (κ1) is 24.9. The molecule has 0 amide bonds. The van der Waals surface area contributed by atoms with Crippen LogP contribution in [-0.2, 0) is 6.42 Å². The maximum atomic E-state index is 13.9. The number of benzene rings is 2. The van der Waals surface area contributed by atoms with E-state index in [1.165, 1.54) is 12.3 Å². The maximum absolute atomic E-state index is 13.9. The lowest BCUT2D eigenvalue weighted by atomic mass is 9.88. The number of rotatable bonds is 7. The van der Waals surface area contributed by atoms with Crippen LogP contribution in [0.3, 0.4) is 0 Å². The predicted molar refractivity (Wildman–Crippen MR) is 124 cm³/mol. The molecule has 0 N–H and O–H groups in total. The summed E-state index contributed by atoms with van der Waals surface area (Å²) in [6, 6.07) is 8.25. The highest BCUT2D eigenvalue weighted by Crippen LogP contribution is 2.24. The summed E-state index contributed by atoms with van der Waals surface area (Å²) >= 11 is 0. The van der Waals surface area contributed by atoms with Crippen LogP contribution in [0.4, 0.5) is 8.78 Å². The Hall–Kier alpha value is -2.77. The van der Waals surface area contributed by atoms with E-state index in [2.05, 4.69) is 4.90 Å². The van der Waals surface area contributed by atoms with Crippen LogP contribution in [-0.4, -0.2) is 37.4 Å². The van der Waals surface area contributed by atoms with Crippen LogP contribution in [0.5, 0.6) is 5.75 Å². The van der Waals surface area contributed by atoms with Crippen molar-refractivity contribution in [2.45, 2.75) is 25.7 Å². The first-order valence-electron chi connectivity index (χ1n) is 10.8. The number of halogens is 3. The zero-order valence-corrected chi connectivity index (χ0v) is 19.1. The van der Waals surface area contributed by atoms with Crippen molar-refractivity contribution in [1.29, 1.82) is 0 Å². The van der Waals surface area contributed by atoms with Gasteiger partial charge in [0.2, 0.25) is 0 Å². The number of hydrogen-bond acceptors (Lipinski definition) is 5. The quantitative estimate of drug-likeness (QED) is 0.447. The lowest BCUT2D eigenvalue weighted by molar-refractivity contribution is 0.0835. The van der Waals surface area contributed by atoms with Gasteiger partial charge in [0.25, 0.3) is 0 Å². The first-order chi connectivity index (χ1) is 15.5. The number of aryl methyl sites for hydroxylation is 1. The van der Waals surface area contributed by atoms with E-state index in [-0.39, 0.29) is 35.1 Å². The van der Waals surface area contributed by atoms with Gasteiger partial charge in [-0.1, -0.05) is 0 Å². The van der Waals surface area contributed by atoms with Gasteiger partial charge in [-0.2, -0.15) is 0 Å². The molecule has 0 bridgehead atoms. The van der Waals surface area contributed by atoms with Crippen molar-refractivity contribution in [3.63, 3.8) is 0 Å². The van der Waals surface area contributed by atoms with Crippen molar-refractivity contribution in [3.05, 3.63) is 75.6 Å². The lowest BCUT2D eigenvalue weighted by Gasteiger charge is -2.31. The zero-order valence-electron chi connectivity index (χ0n) is 18.3. The number of carbonyl (C=O) groups is 1. The SMILES string of the molecule is COc1ccc2c(=O)c(CCCN3CCC(C(=O)c4ccc(F)cc4F)CC3)coc2c1.Cl. The Balaban J connectivity index is 0.00000306. The summed E-state index contributed by atoms with van der Waals surface area (Å²) in [6.07, 6.45) is 4.18. The van der Waals surface area contributed by atoms with Gasteiger partial charge in [-0.3, -0.25) is 9.59 Å². The Morgan fingerprint density at radius 3 is 2.61 bits per heavy atom. The minimum Gasteiger partial charge on any atom is -0.497 e. The molecule has 0 spiro atoms. The fraction of sp³-hybridized carbons (Fsp3) is 0.360. The standard InChI is InChI=1S/C25H25F2NO4.ClH/c1-31-19-5-7-21-23(14-19)32-15-17(25(21)30)3-2-10-28-11-8-16(9-12-28)24(29)20-6-4-18(26)13-22(20)27;/h4-7,13-16H,2-3,8-12H2,1H3;1H. The van der Waals surface area contributed by atoms with E-state index in [0.29, 0.717) is 41.5 Å². The molecule has 1 fully saturated rings. The Morgan fingerprint density at radius 1 is 1.15 bits per heavy atom. The fourth-order valence-corrected chi connectivity index (χ4v) is 4.27. The van der Waals surface area contributed by atoms with Crippen LogP contribution in [0.15, 0.2) is 51.9 Å². The number of carbonyl (C=O) groups excluding carboxylic acids is 1. The van der Waals surface area contributed by atoms with Crippen molar-refractivity contribution in [2.24, 2.45) is 5.92 Å². The number of methoxy groups -OCH3 is 1. The van der Waals surface area contributed by atoms with Crippen molar-refractivity contribution in [1.82, 2.24) is 4.90 Å². The molecule has 0 atom stereocenters. The number of nitrogens with zero attached hydrogens (tertiary/aromatic N) is 1. The van der Waals surface area contributed by atoms with Gasteiger partial charge in [-0.05, 0) is 69.6 Å². The summed E-state index contributed by atoms with van der Waals surface area (Å²) in [5.41, 5.74) is 1.08. The van der Waals surface area contributed by atoms with Crippen LogP contribution in [0, 0.1) is 17.6 Å². The molecule has 0 radical (unpaired) electrons. The van der Waals surface area contributed by atoms with E-state index in [1.807, 2.05) is 0 Å². The molecule has 2 heterocycles. The molecule has 3 aromatic rings. The van der Waals surface area contributed by atoms with E-state index in [1.54, 1.807) is 25.3 Å². The molecular weight excluding hydrogens is 452 g/mol. The molecule has 5 nitrogen and oxygen atoms in total. The molecule has 2 aromatic carbocycles. The number of likely N-dealkylation sites (tertiary alicyclic amines) is 1. The van der Waals surface area contributed by atoms with Crippen LogP contribution >= 0.6 is 12.4 Å². The van der Waals surface area contributed by atoms with Gasteiger partial charge in [0, 0.05) is 23.6 Å². The second kappa shape index (κ2) is 10.9. The highest BCUT2D eigenvalue weighted by molar-refractivity contribution is 5.98. The van der Waals surface area contributed by atoms with Crippen molar-refractivity contribution < 1.29 is 22.7 Å². The largest absolute Gasteiger partial charge is 0.497 e. The molecule has 1 aromatic heterocycles. The van der Waals surface area contributed by atoms with E-state index in [9.17, 15) is 18.4 Å². The molecule has 1 saturated heterocycles. The normalized spacial score (nSPS) is 14.8. The Labute approximate surface area is 196 Å². The van der Waals surface area contributed by atoms with Crippen LogP contribution in [0.2, 0.25) is 0 Å². The lowest BCUT2D eigenvalue weighted by Crippen LogP contribution is -2.37. The van der Waals surface area contributed by atoms with E-state index >= 15 is 0 Å². The summed E-state index contributed by atoms with van der Waals surface area (Å²) in [4.78, 5) is 27.5. The van der Waals surface area contributed by atoms with Crippen LogP contribution in [0.25, 0.3) is 11.0 Å². The van der Waals surface area contributed by atoms with Crippen molar-refractivity contribution in [3.8, 4) is 5.75 Å². The number of fused-ring (bicyclic) bond motifs is 1. The maximum Gasteiger partial charge on any atom is 0.195 e. The van der Waals surface area contributed by atoms with Crippen LogP contribution < -0.4 is 10.2 Å². The molecule has 176 valence electrons. The summed E-state index contributed by atoms with van der Waals surface area (Å²) in [5, 5.41) is 0.538. The van der Waals surface area contributed by atoms with Gasteiger partial charge in [-0.25, -0.2) is 8.78 Å². The second-order valence-electron chi connectivity index (χ2n) is 8.16. The number of ether oxygens (including phenoxy) is 1. The highest BCUT2D eigenvalue weighted by Gasteiger charge is 2.27. The number of piperidine rings is 1. The molecule has 1 aliphatic rings. The predicted octanol–water partition coefficient (Wildman–Crippen LogP) is 5.03. The Bertz CT molecular complexity index is 1190. The summed E-state index contributed by atoms with van der Waals surface area (Å²) in [6.45, 7) is 2.25. The Morgan fingerprint density at radius 2 is 1.91 bits per heavy atom. The number of ketones is 1. The molecule has 0 aliphatic carbocycles. The molecule has 1 aliphatic heterocycles. The summed E-state index contributed by atoms with van der Waals surface area (Å²) in [7, 11) is 1.56. The zero-order chi connectivity index (χ0) is 22.7. The van der Waals surface area contributed by atoms with Gasteiger partial charge in [0.1, 0.15) is 23.0 Å². The average Bonchev–Trinajstić information content (AvgIpc) is 2.80. The monoisotopic (exact) mass is 477 g/mol. The summed E-state index contributed by atoms with van der Waals surface area (Å²) < 4.78 is 37.8. The van der Waals surface area contributed by atoms with E-state index in [0.717, 1.165) is 38.2 Å². The average molecular weight is 478 g/mol. The smallest absolute Gasteiger partial charge is 0.195 e. The fourth-order valence-electron chi connectivity index (χ4n) is 4.27. The van der Waals surface area contributed by atoms with Crippen LogP contribution in [0.1, 0.15) is 35.2 Å². The van der Waals surface area contributed by atoms with Crippen molar-refractivity contribution >= 4 is 29.2 Å². The third-order valence-electron chi connectivity index (χ3n) is 6.13. The first-order valence-corrected chi connectivity index (χ1v) is 10.8. The summed E-state index contributed by atoms with van der Waals surface area (Å²) in [5.74, 6) is -1.36. The molecular formula is C25H26ClF2NO4. The van der Waals surface area contributed by atoms with Gasteiger partial charge in [-0.15, -0.1) is 12.4 Å². The molecule has 0 saturated carbocycles.